The van der Waals surface area contributed by atoms with Crippen LogP contribution < -0.4 is 5.32 Å². The van der Waals surface area contributed by atoms with Crippen molar-refractivity contribution in [3.63, 3.8) is 0 Å². The average Bonchev–Trinajstić information content (AvgIpc) is 2.46. The summed E-state index contributed by atoms with van der Waals surface area (Å²) in [6, 6.07) is 9.29. The molecular formula is C15H18N2O2S. The van der Waals surface area contributed by atoms with Crippen molar-refractivity contribution in [3.8, 4) is 0 Å². The maximum absolute atomic E-state index is 11.1. The van der Waals surface area contributed by atoms with E-state index in [1.54, 1.807) is 6.07 Å². The van der Waals surface area contributed by atoms with Crippen LogP contribution in [0.4, 0.5) is 5.82 Å². The molecule has 0 aliphatic rings. The number of anilines is 1. The largest absolute Gasteiger partial charge is 0.477 e. The fourth-order valence-electron chi connectivity index (χ4n) is 1.95. The summed E-state index contributed by atoms with van der Waals surface area (Å²) < 4.78 is 0. The highest BCUT2D eigenvalue weighted by Crippen LogP contribution is 2.23. The maximum Gasteiger partial charge on any atom is 0.354 e. The zero-order valence-corrected chi connectivity index (χ0v) is 12.4. The number of fused-ring (bicyclic) bond motifs is 1. The van der Waals surface area contributed by atoms with Crippen LogP contribution in [0.5, 0.6) is 0 Å². The van der Waals surface area contributed by atoms with Crippen LogP contribution in [0.3, 0.4) is 0 Å². The number of carboxylic acid groups (broad SMARTS) is 1. The second-order valence-corrected chi connectivity index (χ2v) is 5.92. The first-order valence-electron chi connectivity index (χ1n) is 6.51. The molecule has 0 bridgehead atoms. The number of aromatic nitrogens is 1. The summed E-state index contributed by atoms with van der Waals surface area (Å²) in [6.45, 7) is 2.95. The van der Waals surface area contributed by atoms with E-state index in [0.29, 0.717) is 11.1 Å². The van der Waals surface area contributed by atoms with Gasteiger partial charge >= 0.3 is 5.97 Å². The zero-order valence-electron chi connectivity index (χ0n) is 11.6. The standard InChI is InChI=1S/C15H18N2O2S/c1-10(20-2)7-8-16-14-12-6-4-3-5-11(12)9-13(17-14)15(18)19/h3-6,9-10H,7-8H2,1-2H3,(H,16,17)(H,18,19). The second kappa shape index (κ2) is 6.61. The number of aromatic carboxylic acids is 1. The van der Waals surface area contributed by atoms with E-state index in [9.17, 15) is 4.79 Å². The fraction of sp³-hybridized carbons (Fsp3) is 0.333. The third-order valence-electron chi connectivity index (χ3n) is 3.21. The van der Waals surface area contributed by atoms with E-state index in [4.69, 9.17) is 5.11 Å². The van der Waals surface area contributed by atoms with Gasteiger partial charge in [0.05, 0.1) is 0 Å². The van der Waals surface area contributed by atoms with Crippen LogP contribution in [-0.4, -0.2) is 34.1 Å². The summed E-state index contributed by atoms with van der Waals surface area (Å²) in [6.07, 6.45) is 3.10. The van der Waals surface area contributed by atoms with E-state index >= 15 is 0 Å². The number of carboxylic acids is 1. The third kappa shape index (κ3) is 3.42. The van der Waals surface area contributed by atoms with E-state index in [1.165, 1.54) is 0 Å². The summed E-state index contributed by atoms with van der Waals surface area (Å²) in [5.74, 6) is -0.356. The lowest BCUT2D eigenvalue weighted by Crippen LogP contribution is -2.11. The number of nitrogens with zero attached hydrogens (tertiary/aromatic N) is 1. The smallest absolute Gasteiger partial charge is 0.354 e. The van der Waals surface area contributed by atoms with Crippen LogP contribution >= 0.6 is 11.8 Å². The molecule has 0 aliphatic carbocycles. The average molecular weight is 290 g/mol. The molecule has 0 fully saturated rings. The van der Waals surface area contributed by atoms with Gasteiger partial charge in [0.15, 0.2) is 5.69 Å². The molecule has 2 rings (SSSR count). The predicted octanol–water partition coefficient (Wildman–Crippen LogP) is 3.49. The lowest BCUT2D eigenvalue weighted by Gasteiger charge is -2.12. The maximum atomic E-state index is 11.1. The molecular weight excluding hydrogens is 272 g/mol. The summed E-state index contributed by atoms with van der Waals surface area (Å²) in [4.78, 5) is 15.3. The topological polar surface area (TPSA) is 62.2 Å². The summed E-state index contributed by atoms with van der Waals surface area (Å²) in [5, 5.41) is 14.8. The molecule has 106 valence electrons. The molecule has 0 aliphatic heterocycles. The molecule has 0 amide bonds. The van der Waals surface area contributed by atoms with Gasteiger partial charge in [0.25, 0.3) is 0 Å². The number of hydrogen-bond acceptors (Lipinski definition) is 4. The molecule has 20 heavy (non-hydrogen) atoms. The van der Waals surface area contributed by atoms with Crippen LogP contribution in [-0.2, 0) is 0 Å². The van der Waals surface area contributed by atoms with Gasteiger partial charge in [0, 0.05) is 17.2 Å². The van der Waals surface area contributed by atoms with Crippen LogP contribution in [0, 0.1) is 0 Å². The SMILES string of the molecule is CSC(C)CCNc1nc(C(=O)O)cc2ccccc12. The number of hydrogen-bond donors (Lipinski definition) is 2. The first-order chi connectivity index (χ1) is 9.61. The molecule has 2 N–H and O–H groups in total. The van der Waals surface area contributed by atoms with Crippen molar-refractivity contribution < 1.29 is 9.90 Å². The Labute approximate surface area is 122 Å². The quantitative estimate of drug-likeness (QED) is 0.852. The molecule has 1 unspecified atom stereocenters. The number of rotatable bonds is 6. The molecule has 0 spiro atoms. The lowest BCUT2D eigenvalue weighted by atomic mass is 10.1. The number of benzene rings is 1. The third-order valence-corrected chi connectivity index (χ3v) is 4.25. The van der Waals surface area contributed by atoms with Crippen molar-refractivity contribution in [2.45, 2.75) is 18.6 Å². The van der Waals surface area contributed by atoms with Crippen LogP contribution in [0.2, 0.25) is 0 Å². The minimum Gasteiger partial charge on any atom is -0.477 e. The highest BCUT2D eigenvalue weighted by Gasteiger charge is 2.10. The van der Waals surface area contributed by atoms with Gasteiger partial charge in [-0.15, -0.1) is 0 Å². The summed E-state index contributed by atoms with van der Waals surface area (Å²) in [7, 11) is 0. The Morgan fingerprint density at radius 1 is 1.45 bits per heavy atom. The highest BCUT2D eigenvalue weighted by molar-refractivity contribution is 7.99. The lowest BCUT2D eigenvalue weighted by molar-refractivity contribution is 0.0691. The van der Waals surface area contributed by atoms with Crippen LogP contribution in [0.25, 0.3) is 10.8 Å². The molecule has 4 nitrogen and oxygen atoms in total. The highest BCUT2D eigenvalue weighted by atomic mass is 32.2. The van der Waals surface area contributed by atoms with Crippen molar-refractivity contribution >= 4 is 34.3 Å². The predicted molar refractivity (Wildman–Crippen MR) is 84.8 cm³/mol. The van der Waals surface area contributed by atoms with E-state index < -0.39 is 5.97 Å². The Bertz CT molecular complexity index is 616. The summed E-state index contributed by atoms with van der Waals surface area (Å²) >= 11 is 1.82. The Balaban J connectivity index is 2.28. The molecule has 5 heteroatoms. The van der Waals surface area contributed by atoms with Crippen molar-refractivity contribution in [1.82, 2.24) is 4.98 Å². The fourth-order valence-corrected chi connectivity index (χ4v) is 2.31. The molecule has 0 saturated heterocycles. The Hall–Kier alpha value is -1.75. The van der Waals surface area contributed by atoms with Crippen molar-refractivity contribution in [3.05, 3.63) is 36.0 Å². The molecule has 0 saturated carbocycles. The second-order valence-electron chi connectivity index (χ2n) is 4.64. The molecule has 1 aromatic heterocycles. The molecule has 2 aromatic rings. The molecule has 1 heterocycles. The summed E-state index contributed by atoms with van der Waals surface area (Å²) in [5.41, 5.74) is 0.0733. The van der Waals surface area contributed by atoms with Crippen molar-refractivity contribution in [2.24, 2.45) is 0 Å². The minimum absolute atomic E-state index is 0.0733. The van der Waals surface area contributed by atoms with Crippen molar-refractivity contribution in [2.75, 3.05) is 18.1 Å². The van der Waals surface area contributed by atoms with E-state index in [-0.39, 0.29) is 5.69 Å². The number of carbonyl (C=O) groups is 1. The molecule has 1 aromatic carbocycles. The van der Waals surface area contributed by atoms with Crippen molar-refractivity contribution in [1.29, 1.82) is 0 Å². The van der Waals surface area contributed by atoms with Gasteiger partial charge < -0.3 is 10.4 Å². The minimum atomic E-state index is -1.00. The molecule has 0 radical (unpaired) electrons. The number of thioether (sulfide) groups is 1. The Morgan fingerprint density at radius 2 is 2.20 bits per heavy atom. The van der Waals surface area contributed by atoms with Crippen LogP contribution in [0.1, 0.15) is 23.8 Å². The number of nitrogens with one attached hydrogen (secondary N) is 1. The Kier molecular flexibility index (Phi) is 4.84. The van der Waals surface area contributed by atoms with E-state index in [0.717, 1.165) is 23.7 Å². The van der Waals surface area contributed by atoms with Gasteiger partial charge in [-0.05, 0) is 24.1 Å². The van der Waals surface area contributed by atoms with Gasteiger partial charge in [-0.1, -0.05) is 31.2 Å². The normalized spacial score (nSPS) is 12.3. The molecule has 1 atom stereocenters. The van der Waals surface area contributed by atoms with Gasteiger partial charge in [-0.3, -0.25) is 0 Å². The van der Waals surface area contributed by atoms with Gasteiger partial charge in [0.2, 0.25) is 0 Å². The number of pyridine rings is 1. The monoisotopic (exact) mass is 290 g/mol. The zero-order chi connectivity index (χ0) is 14.5. The first-order valence-corrected chi connectivity index (χ1v) is 7.80. The van der Waals surface area contributed by atoms with Crippen LogP contribution in [0.15, 0.2) is 30.3 Å². The Morgan fingerprint density at radius 3 is 2.90 bits per heavy atom. The van der Waals surface area contributed by atoms with E-state index in [2.05, 4.69) is 23.5 Å². The van der Waals surface area contributed by atoms with Gasteiger partial charge in [-0.2, -0.15) is 11.8 Å². The first kappa shape index (κ1) is 14.7. The van der Waals surface area contributed by atoms with Gasteiger partial charge in [-0.25, -0.2) is 9.78 Å². The van der Waals surface area contributed by atoms with Gasteiger partial charge in [0.1, 0.15) is 5.82 Å². The van der Waals surface area contributed by atoms with E-state index in [1.807, 2.05) is 36.0 Å².